The highest BCUT2D eigenvalue weighted by molar-refractivity contribution is 5.85. The lowest BCUT2D eigenvalue weighted by molar-refractivity contribution is 0.358. The molecule has 1 rings (SSSR count). The third-order valence-electron chi connectivity index (χ3n) is 2.40. The number of rotatable bonds is 6. The predicted octanol–water partition coefficient (Wildman–Crippen LogP) is 3.14. The molecule has 1 aromatic heterocycles. The molecule has 4 heteroatoms. The molecule has 0 aromatic carbocycles. The van der Waals surface area contributed by atoms with Gasteiger partial charge in [-0.25, -0.2) is 4.98 Å². The van der Waals surface area contributed by atoms with E-state index in [1.165, 1.54) is 19.3 Å². The second-order valence-corrected chi connectivity index (χ2v) is 5.27. The molecule has 2 N–H and O–H groups in total. The number of halogens is 1. The van der Waals surface area contributed by atoms with Gasteiger partial charge in [0.05, 0.1) is 6.33 Å². The van der Waals surface area contributed by atoms with E-state index in [1.54, 1.807) is 6.33 Å². The van der Waals surface area contributed by atoms with Gasteiger partial charge in [0.15, 0.2) is 0 Å². The number of hydrogen-bond acceptors (Lipinski definition) is 2. The van der Waals surface area contributed by atoms with Crippen molar-refractivity contribution in [2.24, 2.45) is 5.41 Å². The zero-order valence-electron chi connectivity index (χ0n) is 10.5. The second-order valence-electron chi connectivity index (χ2n) is 5.27. The lowest BCUT2D eigenvalue weighted by Gasteiger charge is -2.17. The van der Waals surface area contributed by atoms with E-state index >= 15 is 0 Å². The van der Waals surface area contributed by atoms with E-state index in [0.717, 1.165) is 18.8 Å². The number of nitrogens with zero attached hydrogens (tertiary/aromatic N) is 1. The van der Waals surface area contributed by atoms with Gasteiger partial charge in [-0.15, -0.1) is 12.4 Å². The van der Waals surface area contributed by atoms with E-state index in [1.807, 2.05) is 6.20 Å². The van der Waals surface area contributed by atoms with Crippen LogP contribution in [0.15, 0.2) is 12.5 Å². The number of unbranched alkanes of at least 4 members (excludes halogenated alkanes) is 1. The van der Waals surface area contributed by atoms with Gasteiger partial charge in [0.1, 0.15) is 0 Å². The van der Waals surface area contributed by atoms with E-state index in [4.69, 9.17) is 0 Å². The molecule has 0 aliphatic carbocycles. The number of nitrogens with one attached hydrogen (secondary N) is 2. The number of aromatic nitrogens is 2. The zero-order valence-corrected chi connectivity index (χ0v) is 11.4. The first-order valence-electron chi connectivity index (χ1n) is 5.76. The Balaban J connectivity index is 0.00000225. The molecule has 0 radical (unpaired) electrons. The topological polar surface area (TPSA) is 40.7 Å². The Bertz CT molecular complexity index is 252. The van der Waals surface area contributed by atoms with Gasteiger partial charge in [-0.2, -0.15) is 0 Å². The lowest BCUT2D eigenvalue weighted by Crippen LogP contribution is -2.15. The van der Waals surface area contributed by atoms with Crippen LogP contribution < -0.4 is 5.32 Å². The van der Waals surface area contributed by atoms with Crippen LogP contribution in [0.3, 0.4) is 0 Å². The Morgan fingerprint density at radius 1 is 1.31 bits per heavy atom. The van der Waals surface area contributed by atoms with Crippen molar-refractivity contribution >= 4 is 12.4 Å². The Kier molecular flexibility index (Phi) is 7.43. The van der Waals surface area contributed by atoms with E-state index in [0.29, 0.717) is 5.41 Å². The molecule has 1 heterocycles. The van der Waals surface area contributed by atoms with Crippen LogP contribution in [-0.2, 0) is 6.54 Å². The molecule has 0 saturated carbocycles. The molecular weight excluding hydrogens is 222 g/mol. The van der Waals surface area contributed by atoms with Crippen LogP contribution in [-0.4, -0.2) is 16.5 Å². The van der Waals surface area contributed by atoms with Crippen molar-refractivity contribution in [2.45, 2.75) is 46.6 Å². The smallest absolute Gasteiger partial charge is 0.0922 e. The van der Waals surface area contributed by atoms with Gasteiger partial charge in [-0.05, 0) is 24.8 Å². The molecule has 0 saturated heterocycles. The second kappa shape index (κ2) is 7.69. The Hall–Kier alpha value is -0.540. The van der Waals surface area contributed by atoms with Gasteiger partial charge in [-0.3, -0.25) is 0 Å². The highest BCUT2D eigenvalue weighted by Crippen LogP contribution is 2.21. The molecule has 94 valence electrons. The van der Waals surface area contributed by atoms with Crippen LogP contribution in [0.4, 0.5) is 0 Å². The maximum absolute atomic E-state index is 3.97. The number of aromatic amines is 1. The summed E-state index contributed by atoms with van der Waals surface area (Å²) in [4.78, 5) is 7.05. The molecule has 0 fully saturated rings. The summed E-state index contributed by atoms with van der Waals surface area (Å²) < 4.78 is 0. The van der Waals surface area contributed by atoms with Gasteiger partial charge in [0.2, 0.25) is 0 Å². The van der Waals surface area contributed by atoms with Crippen LogP contribution in [0.25, 0.3) is 0 Å². The molecule has 1 aromatic rings. The minimum atomic E-state index is 0. The van der Waals surface area contributed by atoms with Gasteiger partial charge in [0, 0.05) is 18.4 Å². The number of imidazole rings is 1. The first-order valence-corrected chi connectivity index (χ1v) is 5.76. The van der Waals surface area contributed by atoms with Crippen LogP contribution >= 0.6 is 12.4 Å². The van der Waals surface area contributed by atoms with Crippen molar-refractivity contribution in [1.82, 2.24) is 15.3 Å². The SMILES string of the molecule is CC(C)(C)CCCCNCc1cnc[nH]1.Cl. The average molecular weight is 246 g/mol. The molecular formula is C12H24ClN3. The van der Waals surface area contributed by atoms with E-state index in [2.05, 4.69) is 36.1 Å². The first kappa shape index (κ1) is 15.5. The summed E-state index contributed by atoms with van der Waals surface area (Å²) >= 11 is 0. The standard InChI is InChI=1S/C12H23N3.ClH/c1-12(2,3)6-4-5-7-13-8-11-9-14-10-15-11;/h9-10,13H,4-8H2,1-3H3,(H,14,15);1H. The van der Waals surface area contributed by atoms with Crippen LogP contribution in [0.1, 0.15) is 45.7 Å². The molecule has 0 spiro atoms. The lowest BCUT2D eigenvalue weighted by atomic mass is 9.90. The molecule has 0 atom stereocenters. The largest absolute Gasteiger partial charge is 0.347 e. The van der Waals surface area contributed by atoms with Gasteiger partial charge in [-0.1, -0.05) is 27.2 Å². The Morgan fingerprint density at radius 3 is 2.62 bits per heavy atom. The highest BCUT2D eigenvalue weighted by atomic mass is 35.5. The first-order chi connectivity index (χ1) is 7.08. The fraction of sp³-hybridized carbons (Fsp3) is 0.750. The fourth-order valence-electron chi connectivity index (χ4n) is 1.51. The highest BCUT2D eigenvalue weighted by Gasteiger charge is 2.08. The van der Waals surface area contributed by atoms with E-state index in [-0.39, 0.29) is 12.4 Å². The third kappa shape index (κ3) is 7.71. The quantitative estimate of drug-likeness (QED) is 0.756. The average Bonchev–Trinajstić information content (AvgIpc) is 2.61. The predicted molar refractivity (Wildman–Crippen MR) is 70.8 cm³/mol. The van der Waals surface area contributed by atoms with Crippen molar-refractivity contribution < 1.29 is 0 Å². The molecule has 0 unspecified atom stereocenters. The third-order valence-corrected chi connectivity index (χ3v) is 2.40. The molecule has 0 aliphatic heterocycles. The number of H-pyrrole nitrogens is 1. The molecule has 3 nitrogen and oxygen atoms in total. The zero-order chi connectivity index (χ0) is 11.1. The van der Waals surface area contributed by atoms with E-state index in [9.17, 15) is 0 Å². The minimum absolute atomic E-state index is 0. The summed E-state index contributed by atoms with van der Waals surface area (Å²) in [6.45, 7) is 8.88. The van der Waals surface area contributed by atoms with Crippen LogP contribution in [0.2, 0.25) is 0 Å². The van der Waals surface area contributed by atoms with Gasteiger partial charge in [0.25, 0.3) is 0 Å². The summed E-state index contributed by atoms with van der Waals surface area (Å²) in [5.41, 5.74) is 1.63. The van der Waals surface area contributed by atoms with Gasteiger partial charge < -0.3 is 10.3 Å². The molecule has 0 aliphatic rings. The molecule has 0 amide bonds. The van der Waals surface area contributed by atoms with Crippen molar-refractivity contribution in [2.75, 3.05) is 6.54 Å². The summed E-state index contributed by atoms with van der Waals surface area (Å²) in [7, 11) is 0. The summed E-state index contributed by atoms with van der Waals surface area (Å²) in [6, 6.07) is 0. The Labute approximate surface area is 105 Å². The fourth-order valence-corrected chi connectivity index (χ4v) is 1.51. The van der Waals surface area contributed by atoms with Crippen molar-refractivity contribution in [1.29, 1.82) is 0 Å². The van der Waals surface area contributed by atoms with Crippen molar-refractivity contribution in [3.8, 4) is 0 Å². The van der Waals surface area contributed by atoms with Gasteiger partial charge >= 0.3 is 0 Å². The normalized spacial score (nSPS) is 11.2. The van der Waals surface area contributed by atoms with Crippen molar-refractivity contribution in [3.63, 3.8) is 0 Å². The maximum Gasteiger partial charge on any atom is 0.0922 e. The number of hydrogen-bond donors (Lipinski definition) is 2. The summed E-state index contributed by atoms with van der Waals surface area (Å²) in [5.74, 6) is 0. The monoisotopic (exact) mass is 245 g/mol. The van der Waals surface area contributed by atoms with Crippen LogP contribution in [0.5, 0.6) is 0 Å². The minimum Gasteiger partial charge on any atom is -0.347 e. The molecule has 0 bridgehead atoms. The van der Waals surface area contributed by atoms with Crippen LogP contribution in [0, 0.1) is 5.41 Å². The Morgan fingerprint density at radius 2 is 2.06 bits per heavy atom. The summed E-state index contributed by atoms with van der Waals surface area (Å²) in [6.07, 6.45) is 7.45. The van der Waals surface area contributed by atoms with Crippen molar-refractivity contribution in [3.05, 3.63) is 18.2 Å². The molecule has 16 heavy (non-hydrogen) atoms. The summed E-state index contributed by atoms with van der Waals surface area (Å²) in [5, 5.41) is 3.40. The van der Waals surface area contributed by atoms with E-state index < -0.39 is 0 Å². The maximum atomic E-state index is 3.97.